The zero-order valence-electron chi connectivity index (χ0n) is 10.2. The van der Waals surface area contributed by atoms with Gasteiger partial charge in [-0.3, -0.25) is 4.79 Å². The van der Waals surface area contributed by atoms with Crippen molar-refractivity contribution in [3.63, 3.8) is 0 Å². The Balaban J connectivity index is 2.27. The lowest BCUT2D eigenvalue weighted by Gasteiger charge is -2.30. The topological polar surface area (TPSA) is 23.6 Å². The molecule has 17 heavy (non-hydrogen) atoms. The van der Waals surface area contributed by atoms with Gasteiger partial charge in [0.1, 0.15) is 0 Å². The molecule has 92 valence electrons. The van der Waals surface area contributed by atoms with Crippen molar-refractivity contribution in [3.8, 4) is 0 Å². The van der Waals surface area contributed by atoms with Gasteiger partial charge in [-0.05, 0) is 31.0 Å². The van der Waals surface area contributed by atoms with Crippen LogP contribution in [0.4, 0.5) is 11.4 Å². The van der Waals surface area contributed by atoms with Crippen LogP contribution in [0, 0.1) is 0 Å². The van der Waals surface area contributed by atoms with Crippen LogP contribution in [0.2, 0.25) is 0 Å². The molecule has 1 aromatic rings. The summed E-state index contributed by atoms with van der Waals surface area (Å²) >= 11 is 3.44. The minimum atomic E-state index is -0.0285. The fourth-order valence-corrected chi connectivity index (χ4v) is 2.60. The highest BCUT2D eigenvalue weighted by atomic mass is 79.9. The van der Waals surface area contributed by atoms with Gasteiger partial charge in [0.2, 0.25) is 5.91 Å². The second-order valence-electron chi connectivity index (χ2n) is 4.51. The molecule has 1 amide bonds. The number of rotatable bonds is 2. The predicted molar refractivity (Wildman–Crippen MR) is 75.1 cm³/mol. The molecule has 1 saturated heterocycles. The summed E-state index contributed by atoms with van der Waals surface area (Å²) in [5, 5.41) is 0. The quantitative estimate of drug-likeness (QED) is 0.784. The number of anilines is 2. The second-order valence-corrected chi connectivity index (χ2v) is 5.62. The zero-order valence-corrected chi connectivity index (χ0v) is 11.8. The van der Waals surface area contributed by atoms with E-state index in [1.807, 2.05) is 42.1 Å². The molecule has 1 unspecified atom stereocenters. The summed E-state index contributed by atoms with van der Waals surface area (Å²) in [5.41, 5.74) is 2.11. The number of nitrogens with zero attached hydrogens (tertiary/aromatic N) is 2. The Labute approximate surface area is 111 Å². The number of benzene rings is 1. The Morgan fingerprint density at radius 1 is 1.41 bits per heavy atom. The minimum absolute atomic E-state index is 0.0285. The third-order valence-electron chi connectivity index (χ3n) is 3.03. The van der Waals surface area contributed by atoms with E-state index in [0.717, 1.165) is 30.8 Å². The second kappa shape index (κ2) is 5.08. The first-order chi connectivity index (χ1) is 8.09. The molecule has 1 aliphatic heterocycles. The third-order valence-corrected chi connectivity index (χ3v) is 3.88. The van der Waals surface area contributed by atoms with Gasteiger partial charge in [-0.15, -0.1) is 0 Å². The first-order valence-electron chi connectivity index (χ1n) is 5.82. The van der Waals surface area contributed by atoms with E-state index in [2.05, 4.69) is 22.0 Å². The Morgan fingerprint density at radius 3 is 2.88 bits per heavy atom. The number of hydrogen-bond acceptors (Lipinski definition) is 2. The van der Waals surface area contributed by atoms with E-state index in [9.17, 15) is 4.79 Å². The molecule has 0 spiro atoms. The maximum atomic E-state index is 12.1. The van der Waals surface area contributed by atoms with Crippen LogP contribution in [0.25, 0.3) is 0 Å². The summed E-state index contributed by atoms with van der Waals surface area (Å²) in [4.78, 5) is 16.0. The SMILES string of the molecule is CN(C)c1cccc(N2CCCC(Br)C2=O)c1. The van der Waals surface area contributed by atoms with Gasteiger partial charge in [0.05, 0.1) is 4.83 Å². The van der Waals surface area contributed by atoms with Gasteiger partial charge < -0.3 is 9.80 Å². The smallest absolute Gasteiger partial charge is 0.240 e. The summed E-state index contributed by atoms with van der Waals surface area (Å²) < 4.78 is 0. The van der Waals surface area contributed by atoms with Gasteiger partial charge in [0.25, 0.3) is 0 Å². The predicted octanol–water partition coefficient (Wildman–Crippen LogP) is 2.64. The average Bonchev–Trinajstić information content (AvgIpc) is 2.33. The van der Waals surface area contributed by atoms with Crippen molar-refractivity contribution in [2.75, 3.05) is 30.4 Å². The molecule has 1 fully saturated rings. The van der Waals surface area contributed by atoms with Crippen molar-refractivity contribution in [1.82, 2.24) is 0 Å². The summed E-state index contributed by atoms with van der Waals surface area (Å²) in [5.74, 6) is 0.173. The molecule has 0 radical (unpaired) electrons. The molecule has 2 rings (SSSR count). The van der Waals surface area contributed by atoms with Crippen LogP contribution >= 0.6 is 15.9 Å². The van der Waals surface area contributed by atoms with Crippen molar-refractivity contribution >= 4 is 33.2 Å². The van der Waals surface area contributed by atoms with Gasteiger partial charge in [-0.1, -0.05) is 22.0 Å². The molecule has 0 aliphatic carbocycles. The number of hydrogen-bond donors (Lipinski definition) is 0. The number of alkyl halides is 1. The van der Waals surface area contributed by atoms with Crippen molar-refractivity contribution in [2.45, 2.75) is 17.7 Å². The molecule has 0 N–H and O–H groups in total. The summed E-state index contributed by atoms with van der Waals surface area (Å²) in [6, 6.07) is 8.10. The minimum Gasteiger partial charge on any atom is -0.378 e. The fraction of sp³-hybridized carbons (Fsp3) is 0.462. The van der Waals surface area contributed by atoms with Gasteiger partial charge in [0, 0.05) is 32.0 Å². The Hall–Kier alpha value is -1.03. The third kappa shape index (κ3) is 2.63. The van der Waals surface area contributed by atoms with Crippen LogP contribution in [0.1, 0.15) is 12.8 Å². The van der Waals surface area contributed by atoms with Crippen molar-refractivity contribution in [3.05, 3.63) is 24.3 Å². The maximum absolute atomic E-state index is 12.1. The van der Waals surface area contributed by atoms with E-state index >= 15 is 0 Å². The Kier molecular flexibility index (Phi) is 3.72. The highest BCUT2D eigenvalue weighted by Crippen LogP contribution is 2.27. The molecule has 3 nitrogen and oxygen atoms in total. The summed E-state index contributed by atoms with van der Waals surface area (Å²) in [6.45, 7) is 0.817. The van der Waals surface area contributed by atoms with Crippen molar-refractivity contribution in [1.29, 1.82) is 0 Å². The van der Waals surface area contributed by atoms with Crippen molar-refractivity contribution < 1.29 is 4.79 Å². The van der Waals surface area contributed by atoms with Crippen LogP contribution < -0.4 is 9.80 Å². The lowest BCUT2D eigenvalue weighted by Crippen LogP contribution is -2.41. The average molecular weight is 297 g/mol. The van der Waals surface area contributed by atoms with Crippen LogP contribution in [-0.4, -0.2) is 31.4 Å². The van der Waals surface area contributed by atoms with Crippen molar-refractivity contribution in [2.24, 2.45) is 0 Å². The molecule has 4 heteroatoms. The van der Waals surface area contributed by atoms with Crippen LogP contribution in [0.3, 0.4) is 0 Å². The normalized spacial score (nSPS) is 20.5. The fourth-order valence-electron chi connectivity index (χ4n) is 2.03. The first-order valence-corrected chi connectivity index (χ1v) is 6.74. The molecule has 0 saturated carbocycles. The van der Waals surface area contributed by atoms with E-state index in [4.69, 9.17) is 0 Å². The van der Waals surface area contributed by atoms with E-state index in [1.54, 1.807) is 0 Å². The van der Waals surface area contributed by atoms with E-state index in [1.165, 1.54) is 0 Å². The highest BCUT2D eigenvalue weighted by Gasteiger charge is 2.27. The number of amides is 1. The van der Waals surface area contributed by atoms with E-state index < -0.39 is 0 Å². The van der Waals surface area contributed by atoms with Gasteiger partial charge >= 0.3 is 0 Å². The van der Waals surface area contributed by atoms with Crippen LogP contribution in [0.5, 0.6) is 0 Å². The molecular weight excluding hydrogens is 280 g/mol. The van der Waals surface area contributed by atoms with Crippen LogP contribution in [0.15, 0.2) is 24.3 Å². The lowest BCUT2D eigenvalue weighted by atomic mass is 10.1. The highest BCUT2D eigenvalue weighted by molar-refractivity contribution is 9.10. The maximum Gasteiger partial charge on any atom is 0.240 e. The van der Waals surface area contributed by atoms with Gasteiger partial charge in [-0.25, -0.2) is 0 Å². The monoisotopic (exact) mass is 296 g/mol. The van der Waals surface area contributed by atoms with Gasteiger partial charge in [0.15, 0.2) is 0 Å². The number of carbonyl (C=O) groups is 1. The molecule has 1 aromatic carbocycles. The molecule has 0 aromatic heterocycles. The molecule has 0 bridgehead atoms. The van der Waals surface area contributed by atoms with Gasteiger partial charge in [-0.2, -0.15) is 0 Å². The molecule has 1 atom stereocenters. The molecule has 1 aliphatic rings. The number of carbonyl (C=O) groups excluding carboxylic acids is 1. The zero-order chi connectivity index (χ0) is 12.4. The van der Waals surface area contributed by atoms with E-state index in [0.29, 0.717) is 0 Å². The Morgan fingerprint density at radius 2 is 2.18 bits per heavy atom. The molecular formula is C13H17BrN2O. The number of piperidine rings is 1. The number of halogens is 1. The van der Waals surface area contributed by atoms with E-state index in [-0.39, 0.29) is 10.7 Å². The standard InChI is InChI=1S/C13H17BrN2O/c1-15(2)10-5-3-6-11(9-10)16-8-4-7-12(14)13(16)17/h3,5-6,9,12H,4,7-8H2,1-2H3. The first kappa shape index (κ1) is 12.4. The summed E-state index contributed by atoms with van der Waals surface area (Å²) in [6.07, 6.45) is 1.98. The molecule has 1 heterocycles. The summed E-state index contributed by atoms with van der Waals surface area (Å²) in [7, 11) is 4.01. The Bertz CT molecular complexity index is 420. The van der Waals surface area contributed by atoms with Crippen LogP contribution in [-0.2, 0) is 4.79 Å². The largest absolute Gasteiger partial charge is 0.378 e. The lowest BCUT2D eigenvalue weighted by molar-refractivity contribution is -0.118.